The molecule has 2 heteroatoms. The van der Waals surface area contributed by atoms with E-state index in [1.165, 1.54) is 37.1 Å². The number of rotatable bonds is 0. The van der Waals surface area contributed by atoms with Gasteiger partial charge >= 0.3 is 0 Å². The third-order valence-corrected chi connectivity index (χ3v) is 4.76. The molecule has 3 aliphatic rings. The number of fused-ring (bicyclic) bond motifs is 2. The molecule has 17 heavy (non-hydrogen) atoms. The summed E-state index contributed by atoms with van der Waals surface area (Å²) in [4.78, 5) is 4.63. The predicted molar refractivity (Wildman–Crippen MR) is 70.3 cm³/mol. The summed E-state index contributed by atoms with van der Waals surface area (Å²) in [6.07, 6.45) is 6.03. The van der Waals surface area contributed by atoms with Gasteiger partial charge in [-0.2, -0.15) is 0 Å². The largest absolute Gasteiger partial charge is 0.313 e. The first kappa shape index (κ1) is 9.84. The van der Waals surface area contributed by atoms with E-state index in [0.717, 1.165) is 0 Å². The molecule has 1 aromatic carbocycles. The van der Waals surface area contributed by atoms with Gasteiger partial charge in [0.05, 0.1) is 5.69 Å². The normalized spacial score (nSPS) is 37.7. The minimum atomic E-state index is 0.178. The average Bonchev–Trinajstić information content (AvgIpc) is 2.69. The lowest BCUT2D eigenvalue weighted by Crippen LogP contribution is -2.48. The predicted octanol–water partition coefficient (Wildman–Crippen LogP) is 2.90. The minimum absolute atomic E-state index is 0.178. The Hall–Kier alpha value is -1.15. The Kier molecular flexibility index (Phi) is 1.85. The average molecular weight is 226 g/mol. The maximum atomic E-state index is 4.63. The highest BCUT2D eigenvalue weighted by molar-refractivity contribution is 5.86. The lowest BCUT2D eigenvalue weighted by molar-refractivity contribution is 0.287. The van der Waals surface area contributed by atoms with Gasteiger partial charge in [-0.25, -0.2) is 0 Å². The van der Waals surface area contributed by atoms with Gasteiger partial charge < -0.3 is 5.32 Å². The molecule has 1 N–H and O–H groups in total. The first-order chi connectivity index (χ1) is 8.28. The Balaban J connectivity index is 1.93. The minimum Gasteiger partial charge on any atom is -0.313 e. The lowest BCUT2D eigenvalue weighted by atomic mass is 9.64. The topological polar surface area (TPSA) is 24.4 Å². The quantitative estimate of drug-likeness (QED) is 0.722. The Morgan fingerprint density at radius 3 is 3.29 bits per heavy atom. The summed E-state index contributed by atoms with van der Waals surface area (Å²) in [5.41, 5.74) is 4.47. The van der Waals surface area contributed by atoms with Crippen LogP contribution >= 0.6 is 0 Å². The number of piperidine rings is 1. The molecule has 1 aliphatic carbocycles. The highest BCUT2D eigenvalue weighted by Gasteiger charge is 2.44. The van der Waals surface area contributed by atoms with Crippen molar-refractivity contribution in [3.8, 4) is 0 Å². The second-order valence-corrected chi connectivity index (χ2v) is 5.93. The third kappa shape index (κ3) is 1.22. The van der Waals surface area contributed by atoms with Gasteiger partial charge in [0, 0.05) is 17.7 Å². The van der Waals surface area contributed by atoms with Gasteiger partial charge in [0.25, 0.3) is 0 Å². The van der Waals surface area contributed by atoms with Crippen molar-refractivity contribution >= 4 is 11.9 Å². The van der Waals surface area contributed by atoms with E-state index in [1.807, 2.05) is 0 Å². The van der Waals surface area contributed by atoms with Crippen molar-refractivity contribution in [1.82, 2.24) is 5.32 Å². The molecule has 88 valence electrons. The van der Waals surface area contributed by atoms with Crippen LogP contribution in [0, 0.1) is 0 Å². The summed E-state index contributed by atoms with van der Waals surface area (Å²) in [5.74, 6) is 0.716. The van der Waals surface area contributed by atoms with Crippen LogP contribution in [0.3, 0.4) is 0 Å². The Bertz CT molecular complexity index is 506. The molecule has 0 radical (unpaired) electrons. The zero-order chi connectivity index (χ0) is 11.5. The Labute approximate surface area is 102 Å². The standard InChI is InChI=1S/C15H18N2/c1-15-8-13-10(5-3-7-16-13)11-4-2-6-12(14(11)15)17-9-15/h2,4,6,9-10,13,16H,3,5,7-8H2,1H3/t10-,13-,15?/m1/s1. The van der Waals surface area contributed by atoms with E-state index in [2.05, 4.69) is 41.6 Å². The van der Waals surface area contributed by atoms with Crippen molar-refractivity contribution in [3.05, 3.63) is 29.3 Å². The van der Waals surface area contributed by atoms with E-state index >= 15 is 0 Å². The SMILES string of the molecule is CC12C=Nc3cccc(c31)[C@H]1CCCN[C@@H]1C2. The van der Waals surface area contributed by atoms with Gasteiger partial charge in [0.1, 0.15) is 0 Å². The molecular formula is C15H18N2. The van der Waals surface area contributed by atoms with Gasteiger partial charge in [-0.15, -0.1) is 0 Å². The van der Waals surface area contributed by atoms with Gasteiger partial charge in [-0.3, -0.25) is 4.99 Å². The molecule has 1 unspecified atom stereocenters. The third-order valence-electron chi connectivity index (χ3n) is 4.76. The van der Waals surface area contributed by atoms with Gasteiger partial charge in [0.2, 0.25) is 0 Å². The number of hydrogen-bond donors (Lipinski definition) is 1. The molecule has 0 bridgehead atoms. The Morgan fingerprint density at radius 1 is 1.41 bits per heavy atom. The zero-order valence-electron chi connectivity index (χ0n) is 10.2. The maximum absolute atomic E-state index is 4.63. The van der Waals surface area contributed by atoms with Crippen LogP contribution in [0.2, 0.25) is 0 Å². The number of aliphatic imine (C=N–C) groups is 1. The molecular weight excluding hydrogens is 208 g/mol. The van der Waals surface area contributed by atoms with Crippen molar-refractivity contribution in [2.45, 2.75) is 43.6 Å². The molecule has 2 heterocycles. The van der Waals surface area contributed by atoms with Gasteiger partial charge in [0.15, 0.2) is 0 Å². The summed E-state index contributed by atoms with van der Waals surface area (Å²) in [6.45, 7) is 3.53. The first-order valence-corrected chi connectivity index (χ1v) is 6.70. The van der Waals surface area contributed by atoms with E-state index < -0.39 is 0 Å². The molecule has 0 aromatic heterocycles. The monoisotopic (exact) mass is 226 g/mol. The molecule has 0 amide bonds. The van der Waals surface area contributed by atoms with Crippen LogP contribution in [0.15, 0.2) is 23.2 Å². The van der Waals surface area contributed by atoms with Crippen LogP contribution in [0.25, 0.3) is 0 Å². The van der Waals surface area contributed by atoms with Crippen LogP contribution in [0.5, 0.6) is 0 Å². The molecule has 2 aliphatic heterocycles. The fourth-order valence-electron chi connectivity index (χ4n) is 4.02. The van der Waals surface area contributed by atoms with Crippen molar-refractivity contribution < 1.29 is 0 Å². The fraction of sp³-hybridized carbons (Fsp3) is 0.533. The van der Waals surface area contributed by atoms with Crippen molar-refractivity contribution in [3.63, 3.8) is 0 Å². The number of hydrogen-bond acceptors (Lipinski definition) is 2. The van der Waals surface area contributed by atoms with E-state index in [1.54, 1.807) is 5.56 Å². The number of benzene rings is 1. The van der Waals surface area contributed by atoms with Crippen LogP contribution in [0.1, 0.15) is 43.2 Å². The van der Waals surface area contributed by atoms with E-state index in [9.17, 15) is 0 Å². The summed E-state index contributed by atoms with van der Waals surface area (Å²) in [6, 6.07) is 7.32. The summed E-state index contributed by atoms with van der Waals surface area (Å²) in [5, 5.41) is 3.71. The highest BCUT2D eigenvalue weighted by Crippen LogP contribution is 2.51. The first-order valence-electron chi connectivity index (χ1n) is 6.70. The summed E-state index contributed by atoms with van der Waals surface area (Å²) < 4.78 is 0. The lowest BCUT2D eigenvalue weighted by Gasteiger charge is -2.44. The van der Waals surface area contributed by atoms with Crippen LogP contribution in [-0.2, 0) is 5.41 Å². The van der Waals surface area contributed by atoms with E-state index in [-0.39, 0.29) is 5.41 Å². The van der Waals surface area contributed by atoms with Gasteiger partial charge in [-0.1, -0.05) is 19.1 Å². The second kappa shape index (κ2) is 3.20. The molecule has 1 saturated heterocycles. The zero-order valence-corrected chi connectivity index (χ0v) is 10.2. The molecule has 0 spiro atoms. The summed E-state index contributed by atoms with van der Waals surface area (Å²) >= 11 is 0. The second-order valence-electron chi connectivity index (χ2n) is 5.93. The highest BCUT2D eigenvalue weighted by atomic mass is 14.9. The maximum Gasteiger partial charge on any atom is 0.0670 e. The molecule has 0 saturated carbocycles. The van der Waals surface area contributed by atoms with Crippen LogP contribution in [-0.4, -0.2) is 18.8 Å². The molecule has 2 nitrogen and oxygen atoms in total. The fourth-order valence-corrected chi connectivity index (χ4v) is 4.02. The van der Waals surface area contributed by atoms with Crippen LogP contribution < -0.4 is 5.32 Å². The van der Waals surface area contributed by atoms with E-state index in [4.69, 9.17) is 0 Å². The van der Waals surface area contributed by atoms with E-state index in [0.29, 0.717) is 12.0 Å². The summed E-state index contributed by atoms with van der Waals surface area (Å²) in [7, 11) is 0. The van der Waals surface area contributed by atoms with Crippen molar-refractivity contribution in [1.29, 1.82) is 0 Å². The molecule has 1 aromatic rings. The number of nitrogens with zero attached hydrogens (tertiary/aromatic N) is 1. The Morgan fingerprint density at radius 2 is 2.35 bits per heavy atom. The van der Waals surface area contributed by atoms with Gasteiger partial charge in [-0.05, 0) is 48.9 Å². The van der Waals surface area contributed by atoms with Crippen molar-refractivity contribution in [2.24, 2.45) is 4.99 Å². The van der Waals surface area contributed by atoms with Crippen LogP contribution in [0.4, 0.5) is 5.69 Å². The van der Waals surface area contributed by atoms with Crippen molar-refractivity contribution in [2.75, 3.05) is 6.54 Å². The smallest absolute Gasteiger partial charge is 0.0670 e. The molecule has 3 atom stereocenters. The molecule has 4 rings (SSSR count). The molecule has 1 fully saturated rings. The number of nitrogens with one attached hydrogen (secondary N) is 1.